The number of hydrogen-bond donors (Lipinski definition) is 2. The lowest BCUT2D eigenvalue weighted by Gasteiger charge is -2.24. The summed E-state index contributed by atoms with van der Waals surface area (Å²) >= 11 is 0. The molecule has 0 aliphatic carbocycles. The number of aromatic nitrogens is 1. The Morgan fingerprint density at radius 1 is 1.29 bits per heavy atom. The van der Waals surface area contributed by atoms with Crippen LogP contribution in [0.2, 0.25) is 0 Å². The molecule has 1 fully saturated rings. The van der Waals surface area contributed by atoms with Gasteiger partial charge in [-0.1, -0.05) is 0 Å². The van der Waals surface area contributed by atoms with Gasteiger partial charge in [-0.05, 0) is 49.2 Å². The Bertz CT molecular complexity index is 695. The molecule has 1 aromatic carbocycles. The minimum atomic E-state index is -0.408. The first-order valence-corrected chi connectivity index (χ1v) is 8.04. The monoisotopic (exact) mass is 327 g/mol. The summed E-state index contributed by atoms with van der Waals surface area (Å²) in [6.45, 7) is 1.04. The van der Waals surface area contributed by atoms with Gasteiger partial charge in [-0.25, -0.2) is 0 Å². The number of aromatic amines is 1. The van der Waals surface area contributed by atoms with Gasteiger partial charge in [0, 0.05) is 24.0 Å². The summed E-state index contributed by atoms with van der Waals surface area (Å²) in [6.07, 6.45) is 3.34. The predicted molar refractivity (Wildman–Crippen MR) is 89.7 cm³/mol. The van der Waals surface area contributed by atoms with Gasteiger partial charge in [0.05, 0.1) is 13.7 Å². The Kier molecular flexibility index (Phi) is 4.84. The van der Waals surface area contributed by atoms with E-state index in [0.29, 0.717) is 30.8 Å². The lowest BCUT2D eigenvalue weighted by atomic mass is 10.1. The van der Waals surface area contributed by atoms with Gasteiger partial charge < -0.3 is 19.9 Å². The number of amides is 2. The second kappa shape index (κ2) is 7.21. The third kappa shape index (κ3) is 3.42. The molecular formula is C18H21N3O3. The molecule has 0 radical (unpaired) electrons. The summed E-state index contributed by atoms with van der Waals surface area (Å²) in [7, 11) is 1.59. The molecule has 1 atom stereocenters. The van der Waals surface area contributed by atoms with Crippen LogP contribution in [-0.2, 0) is 11.3 Å². The molecule has 1 aliphatic rings. The molecule has 24 heavy (non-hydrogen) atoms. The van der Waals surface area contributed by atoms with E-state index in [1.54, 1.807) is 36.3 Å². The second-order valence-electron chi connectivity index (χ2n) is 5.80. The number of methoxy groups -OCH3 is 1. The molecule has 0 spiro atoms. The van der Waals surface area contributed by atoms with E-state index >= 15 is 0 Å². The van der Waals surface area contributed by atoms with Crippen molar-refractivity contribution < 1.29 is 14.3 Å². The number of H-pyrrole nitrogens is 1. The number of nitrogens with one attached hydrogen (secondary N) is 2. The van der Waals surface area contributed by atoms with Gasteiger partial charge in [0.15, 0.2) is 0 Å². The maximum Gasteiger partial charge on any atom is 0.254 e. The fourth-order valence-electron chi connectivity index (χ4n) is 2.96. The summed E-state index contributed by atoms with van der Waals surface area (Å²) in [5.74, 6) is 0.479. The Labute approximate surface area is 140 Å². The predicted octanol–water partition coefficient (Wildman–Crippen LogP) is 1.94. The zero-order valence-corrected chi connectivity index (χ0v) is 13.6. The lowest BCUT2D eigenvalue weighted by molar-refractivity contribution is -0.125. The van der Waals surface area contributed by atoms with Gasteiger partial charge in [0.25, 0.3) is 5.91 Å². The average Bonchev–Trinajstić information content (AvgIpc) is 3.30. The van der Waals surface area contributed by atoms with Crippen LogP contribution >= 0.6 is 0 Å². The number of nitrogens with zero attached hydrogens (tertiary/aromatic N) is 1. The summed E-state index contributed by atoms with van der Waals surface area (Å²) in [4.78, 5) is 29.8. The van der Waals surface area contributed by atoms with Crippen LogP contribution in [0.15, 0.2) is 42.6 Å². The Hall–Kier alpha value is -2.76. The van der Waals surface area contributed by atoms with Crippen molar-refractivity contribution in [1.29, 1.82) is 0 Å². The zero-order chi connectivity index (χ0) is 16.9. The van der Waals surface area contributed by atoms with E-state index in [9.17, 15) is 9.59 Å². The van der Waals surface area contributed by atoms with Crippen molar-refractivity contribution in [3.63, 3.8) is 0 Å². The average molecular weight is 327 g/mol. The zero-order valence-electron chi connectivity index (χ0n) is 13.6. The molecule has 1 aromatic heterocycles. The Morgan fingerprint density at radius 3 is 2.75 bits per heavy atom. The normalized spacial score (nSPS) is 16.9. The summed E-state index contributed by atoms with van der Waals surface area (Å²) in [5.41, 5.74) is 1.51. The molecule has 0 saturated carbocycles. The van der Waals surface area contributed by atoms with Crippen LogP contribution in [-0.4, -0.2) is 41.4 Å². The molecule has 0 unspecified atom stereocenters. The van der Waals surface area contributed by atoms with Gasteiger partial charge in [-0.3, -0.25) is 9.59 Å². The van der Waals surface area contributed by atoms with Crippen LogP contribution in [0.25, 0.3) is 0 Å². The number of likely N-dealkylation sites (tertiary alicyclic amines) is 1. The van der Waals surface area contributed by atoms with E-state index < -0.39 is 6.04 Å². The van der Waals surface area contributed by atoms with Crippen LogP contribution in [0.5, 0.6) is 5.75 Å². The van der Waals surface area contributed by atoms with Crippen LogP contribution in [0.3, 0.4) is 0 Å². The highest BCUT2D eigenvalue weighted by molar-refractivity contribution is 5.98. The van der Waals surface area contributed by atoms with Crippen LogP contribution in [0.1, 0.15) is 28.9 Å². The fraction of sp³-hybridized carbons (Fsp3) is 0.333. The van der Waals surface area contributed by atoms with Gasteiger partial charge in [0.2, 0.25) is 5.91 Å². The topological polar surface area (TPSA) is 74.4 Å². The third-order valence-corrected chi connectivity index (χ3v) is 4.27. The van der Waals surface area contributed by atoms with Gasteiger partial charge in [0.1, 0.15) is 11.8 Å². The molecule has 2 amide bonds. The number of carbonyl (C=O) groups is 2. The third-order valence-electron chi connectivity index (χ3n) is 4.27. The highest BCUT2D eigenvalue weighted by Crippen LogP contribution is 2.21. The molecule has 0 bridgehead atoms. The van der Waals surface area contributed by atoms with Crippen LogP contribution < -0.4 is 10.1 Å². The number of benzene rings is 1. The van der Waals surface area contributed by atoms with Crippen molar-refractivity contribution >= 4 is 11.8 Å². The maximum atomic E-state index is 12.7. The van der Waals surface area contributed by atoms with Crippen LogP contribution in [0.4, 0.5) is 0 Å². The first-order chi connectivity index (χ1) is 11.7. The molecule has 2 N–H and O–H groups in total. The molecule has 126 valence electrons. The number of carbonyl (C=O) groups excluding carboxylic acids is 2. The van der Waals surface area contributed by atoms with E-state index in [0.717, 1.165) is 12.1 Å². The summed E-state index contributed by atoms with van der Waals surface area (Å²) in [5, 5.41) is 2.90. The highest BCUT2D eigenvalue weighted by Gasteiger charge is 2.34. The van der Waals surface area contributed by atoms with E-state index in [1.807, 2.05) is 18.3 Å². The second-order valence-corrected chi connectivity index (χ2v) is 5.80. The molecule has 6 nitrogen and oxygen atoms in total. The molecular weight excluding hydrogens is 306 g/mol. The minimum Gasteiger partial charge on any atom is -0.497 e. The van der Waals surface area contributed by atoms with Crippen molar-refractivity contribution in [2.75, 3.05) is 13.7 Å². The van der Waals surface area contributed by atoms with Gasteiger partial charge in [-0.15, -0.1) is 0 Å². The van der Waals surface area contributed by atoms with Gasteiger partial charge in [-0.2, -0.15) is 0 Å². The number of ether oxygens (including phenoxy) is 1. The minimum absolute atomic E-state index is 0.107. The first kappa shape index (κ1) is 16.1. The number of rotatable bonds is 5. The van der Waals surface area contributed by atoms with E-state index in [1.165, 1.54) is 0 Å². The van der Waals surface area contributed by atoms with E-state index in [4.69, 9.17) is 4.74 Å². The van der Waals surface area contributed by atoms with Crippen molar-refractivity contribution in [3.8, 4) is 5.75 Å². The quantitative estimate of drug-likeness (QED) is 0.881. The molecule has 1 aliphatic heterocycles. The maximum absolute atomic E-state index is 12.7. The Balaban J connectivity index is 1.65. The van der Waals surface area contributed by atoms with E-state index in [2.05, 4.69) is 10.3 Å². The molecule has 1 saturated heterocycles. The largest absolute Gasteiger partial charge is 0.497 e. The van der Waals surface area contributed by atoms with Crippen molar-refractivity contribution in [1.82, 2.24) is 15.2 Å². The molecule has 2 heterocycles. The highest BCUT2D eigenvalue weighted by atomic mass is 16.5. The van der Waals surface area contributed by atoms with Crippen LogP contribution in [0, 0.1) is 0 Å². The number of hydrogen-bond acceptors (Lipinski definition) is 3. The standard InChI is InChI=1S/C18H21N3O3/c1-24-15-8-6-13(7-9-15)18(23)21-11-3-5-16(21)17(22)20-12-14-4-2-10-19-14/h2,4,6-10,16,19H,3,5,11-12H2,1H3,(H,20,22)/t16-/m0/s1. The molecule has 2 aromatic rings. The van der Waals surface area contributed by atoms with Crippen molar-refractivity contribution in [2.45, 2.75) is 25.4 Å². The van der Waals surface area contributed by atoms with Crippen molar-refractivity contribution in [3.05, 3.63) is 53.9 Å². The Morgan fingerprint density at radius 2 is 2.08 bits per heavy atom. The van der Waals surface area contributed by atoms with E-state index in [-0.39, 0.29) is 11.8 Å². The lowest BCUT2D eigenvalue weighted by Crippen LogP contribution is -2.45. The SMILES string of the molecule is COc1ccc(C(=O)N2CCC[C@H]2C(=O)NCc2ccc[nH]2)cc1. The first-order valence-electron chi connectivity index (χ1n) is 8.04. The smallest absolute Gasteiger partial charge is 0.254 e. The summed E-state index contributed by atoms with van der Waals surface area (Å²) < 4.78 is 5.11. The summed E-state index contributed by atoms with van der Waals surface area (Å²) in [6, 6.07) is 10.4. The van der Waals surface area contributed by atoms with Gasteiger partial charge >= 0.3 is 0 Å². The molecule has 3 rings (SSSR count). The fourth-order valence-corrected chi connectivity index (χ4v) is 2.96. The van der Waals surface area contributed by atoms with Crippen molar-refractivity contribution in [2.24, 2.45) is 0 Å². The molecule has 6 heteroatoms.